The molecule has 0 amide bonds. The summed E-state index contributed by atoms with van der Waals surface area (Å²) >= 11 is 12.0. The van der Waals surface area contributed by atoms with Crippen LogP contribution < -0.4 is 0 Å². The van der Waals surface area contributed by atoms with Crippen molar-refractivity contribution in [1.82, 2.24) is 4.98 Å². The summed E-state index contributed by atoms with van der Waals surface area (Å²) in [7, 11) is 1.47. The van der Waals surface area contributed by atoms with Crippen LogP contribution in [0, 0.1) is 6.92 Å². The van der Waals surface area contributed by atoms with Crippen LogP contribution in [0.5, 0.6) is 0 Å². The van der Waals surface area contributed by atoms with Gasteiger partial charge in [0.05, 0.1) is 15.8 Å². The van der Waals surface area contributed by atoms with Crippen molar-refractivity contribution in [1.29, 1.82) is 0 Å². The number of carbonyl (C=O) groups excluding carboxylic acids is 1. The number of rotatable bonds is 7. The molecule has 6 heteroatoms. The standard InChI is InChI=1S/C18H18Cl2N2O2/c1-12-3-4-13(11-21-12)9-15(23)6-8-18(22-24-2)14-5-7-16(19)17(20)10-14/h3-5,7,10-11H,6,8-9H2,1-2H3. The number of ketones is 1. The van der Waals surface area contributed by atoms with Crippen molar-refractivity contribution in [2.24, 2.45) is 5.16 Å². The molecular formula is C18H18Cl2N2O2. The summed E-state index contributed by atoms with van der Waals surface area (Å²) in [5.41, 5.74) is 3.29. The summed E-state index contributed by atoms with van der Waals surface area (Å²) in [6, 6.07) is 9.04. The molecule has 126 valence electrons. The van der Waals surface area contributed by atoms with Crippen LogP contribution in [0.25, 0.3) is 0 Å². The van der Waals surface area contributed by atoms with Crippen molar-refractivity contribution in [2.45, 2.75) is 26.2 Å². The molecule has 0 atom stereocenters. The van der Waals surface area contributed by atoms with Crippen LogP contribution in [0.3, 0.4) is 0 Å². The molecule has 0 saturated carbocycles. The number of aromatic nitrogens is 1. The van der Waals surface area contributed by atoms with E-state index in [2.05, 4.69) is 10.1 Å². The zero-order valence-corrected chi connectivity index (χ0v) is 15.1. The first-order valence-corrected chi connectivity index (χ1v) is 8.24. The minimum Gasteiger partial charge on any atom is -0.399 e. The molecule has 0 aliphatic heterocycles. The highest BCUT2D eigenvalue weighted by atomic mass is 35.5. The van der Waals surface area contributed by atoms with Crippen LogP contribution in [-0.2, 0) is 16.1 Å². The zero-order valence-electron chi connectivity index (χ0n) is 13.6. The van der Waals surface area contributed by atoms with Gasteiger partial charge in [-0.15, -0.1) is 0 Å². The summed E-state index contributed by atoms with van der Waals surface area (Å²) in [6.07, 6.45) is 2.91. The van der Waals surface area contributed by atoms with E-state index in [0.29, 0.717) is 35.0 Å². The SMILES string of the molecule is CON=C(CCC(=O)Cc1ccc(C)nc1)c1ccc(Cl)c(Cl)c1. The van der Waals surface area contributed by atoms with Gasteiger partial charge in [0.1, 0.15) is 12.9 Å². The molecule has 2 rings (SSSR count). The average molecular weight is 365 g/mol. The second-order valence-electron chi connectivity index (χ2n) is 5.37. The normalized spacial score (nSPS) is 11.4. The van der Waals surface area contributed by atoms with Crippen molar-refractivity contribution in [3.05, 3.63) is 63.4 Å². The van der Waals surface area contributed by atoms with E-state index in [-0.39, 0.29) is 5.78 Å². The van der Waals surface area contributed by atoms with Crippen molar-refractivity contribution in [3.63, 3.8) is 0 Å². The highest BCUT2D eigenvalue weighted by Gasteiger charge is 2.11. The monoisotopic (exact) mass is 364 g/mol. The van der Waals surface area contributed by atoms with E-state index >= 15 is 0 Å². The minimum absolute atomic E-state index is 0.115. The Kier molecular flexibility index (Phi) is 6.76. The van der Waals surface area contributed by atoms with Crippen molar-refractivity contribution in [2.75, 3.05) is 7.11 Å². The van der Waals surface area contributed by atoms with Gasteiger partial charge in [0.15, 0.2) is 0 Å². The molecule has 1 heterocycles. The fraction of sp³-hybridized carbons (Fsp3) is 0.278. The predicted molar refractivity (Wildman–Crippen MR) is 96.9 cm³/mol. The first-order chi connectivity index (χ1) is 11.5. The molecular weight excluding hydrogens is 347 g/mol. The van der Waals surface area contributed by atoms with Gasteiger partial charge in [-0.25, -0.2) is 0 Å². The van der Waals surface area contributed by atoms with E-state index < -0.39 is 0 Å². The summed E-state index contributed by atoms with van der Waals surface area (Å²) in [5, 5.41) is 4.92. The Hall–Kier alpha value is -1.91. The number of Topliss-reactive ketones (excluding diaryl/α,β-unsaturated/α-hetero) is 1. The van der Waals surface area contributed by atoms with Crippen molar-refractivity contribution in [3.8, 4) is 0 Å². The van der Waals surface area contributed by atoms with Crippen LogP contribution in [0.2, 0.25) is 10.0 Å². The van der Waals surface area contributed by atoms with Gasteiger partial charge < -0.3 is 4.84 Å². The number of hydrogen-bond donors (Lipinski definition) is 0. The van der Waals surface area contributed by atoms with Gasteiger partial charge in [0.2, 0.25) is 0 Å². The molecule has 0 fully saturated rings. The van der Waals surface area contributed by atoms with E-state index in [0.717, 1.165) is 16.8 Å². The lowest BCUT2D eigenvalue weighted by Crippen LogP contribution is -2.09. The van der Waals surface area contributed by atoms with Gasteiger partial charge in [0.25, 0.3) is 0 Å². The third-order valence-corrected chi connectivity index (χ3v) is 4.21. The number of pyridine rings is 1. The van der Waals surface area contributed by atoms with E-state index in [4.69, 9.17) is 28.0 Å². The molecule has 0 saturated heterocycles. The molecule has 0 spiro atoms. The predicted octanol–water partition coefficient (Wildman–Crippen LogP) is 4.64. The molecule has 0 N–H and O–H groups in total. The summed E-state index contributed by atoms with van der Waals surface area (Å²) in [6.45, 7) is 1.91. The Labute approximate surface area is 151 Å². The van der Waals surface area contributed by atoms with Crippen LogP contribution in [0.1, 0.15) is 29.7 Å². The molecule has 4 nitrogen and oxygen atoms in total. The molecule has 24 heavy (non-hydrogen) atoms. The van der Waals surface area contributed by atoms with E-state index in [1.807, 2.05) is 19.1 Å². The van der Waals surface area contributed by atoms with E-state index in [1.54, 1.807) is 24.4 Å². The Balaban J connectivity index is 2.00. The van der Waals surface area contributed by atoms with Gasteiger partial charge in [-0.1, -0.05) is 40.5 Å². The molecule has 0 aliphatic carbocycles. The summed E-state index contributed by atoms with van der Waals surface area (Å²) < 4.78 is 0. The largest absolute Gasteiger partial charge is 0.399 e. The summed E-state index contributed by atoms with van der Waals surface area (Å²) in [5.74, 6) is 0.115. The lowest BCUT2D eigenvalue weighted by molar-refractivity contribution is -0.118. The number of carbonyl (C=O) groups is 1. The number of benzene rings is 1. The number of halogens is 2. The highest BCUT2D eigenvalue weighted by Crippen LogP contribution is 2.23. The first kappa shape index (κ1) is 18.4. The fourth-order valence-electron chi connectivity index (χ4n) is 2.21. The summed E-state index contributed by atoms with van der Waals surface area (Å²) in [4.78, 5) is 21.3. The molecule has 0 aliphatic rings. The maximum atomic E-state index is 12.2. The van der Waals surface area contributed by atoms with Gasteiger partial charge in [-0.2, -0.15) is 0 Å². The maximum absolute atomic E-state index is 12.2. The van der Waals surface area contributed by atoms with Crippen molar-refractivity contribution >= 4 is 34.7 Å². The minimum atomic E-state index is 0.115. The lowest BCUT2D eigenvalue weighted by atomic mass is 10.0. The molecule has 1 aromatic carbocycles. The van der Waals surface area contributed by atoms with Gasteiger partial charge in [-0.3, -0.25) is 9.78 Å². The Morgan fingerprint density at radius 2 is 1.96 bits per heavy atom. The smallest absolute Gasteiger partial charge is 0.137 e. The number of oxime groups is 1. The van der Waals surface area contributed by atoms with Gasteiger partial charge >= 0.3 is 0 Å². The van der Waals surface area contributed by atoms with Crippen LogP contribution in [-0.4, -0.2) is 23.6 Å². The quantitative estimate of drug-likeness (QED) is 0.531. The molecule has 0 bridgehead atoms. The van der Waals surface area contributed by atoms with Gasteiger partial charge in [0, 0.05) is 36.7 Å². The Morgan fingerprint density at radius 3 is 2.58 bits per heavy atom. The molecule has 2 aromatic rings. The molecule has 0 radical (unpaired) electrons. The molecule has 1 aromatic heterocycles. The first-order valence-electron chi connectivity index (χ1n) is 7.48. The van der Waals surface area contributed by atoms with Crippen molar-refractivity contribution < 1.29 is 9.63 Å². The zero-order chi connectivity index (χ0) is 17.5. The van der Waals surface area contributed by atoms with Crippen LogP contribution in [0.15, 0.2) is 41.7 Å². The lowest BCUT2D eigenvalue weighted by Gasteiger charge is -2.07. The highest BCUT2D eigenvalue weighted by molar-refractivity contribution is 6.42. The molecule has 0 unspecified atom stereocenters. The topological polar surface area (TPSA) is 51.5 Å². The second-order valence-corrected chi connectivity index (χ2v) is 6.19. The number of hydrogen-bond acceptors (Lipinski definition) is 4. The van der Waals surface area contributed by atoms with E-state index in [9.17, 15) is 4.79 Å². The number of nitrogens with zero attached hydrogens (tertiary/aromatic N) is 2. The number of aryl methyl sites for hydroxylation is 1. The fourth-order valence-corrected chi connectivity index (χ4v) is 2.50. The van der Waals surface area contributed by atoms with Crippen LogP contribution >= 0.6 is 23.2 Å². The Bertz CT molecular complexity index is 743. The maximum Gasteiger partial charge on any atom is 0.137 e. The Morgan fingerprint density at radius 1 is 1.17 bits per heavy atom. The second kappa shape index (κ2) is 8.81. The third kappa shape index (κ3) is 5.32. The van der Waals surface area contributed by atoms with Crippen LogP contribution in [0.4, 0.5) is 0 Å². The van der Waals surface area contributed by atoms with E-state index in [1.165, 1.54) is 7.11 Å². The van der Waals surface area contributed by atoms with Gasteiger partial charge in [-0.05, 0) is 30.7 Å². The average Bonchev–Trinajstić information content (AvgIpc) is 2.56. The third-order valence-electron chi connectivity index (χ3n) is 3.47.